The van der Waals surface area contributed by atoms with Gasteiger partial charge in [0.05, 0.1) is 12.2 Å². The van der Waals surface area contributed by atoms with Gasteiger partial charge in [-0.15, -0.1) is 11.3 Å². The van der Waals surface area contributed by atoms with Gasteiger partial charge >= 0.3 is 0 Å². The number of rotatable bonds is 4. The lowest BCUT2D eigenvalue weighted by atomic mass is 10.3. The van der Waals surface area contributed by atoms with Gasteiger partial charge in [-0.1, -0.05) is 12.1 Å². The van der Waals surface area contributed by atoms with E-state index in [4.69, 9.17) is 0 Å². The van der Waals surface area contributed by atoms with Gasteiger partial charge < -0.3 is 15.5 Å². The van der Waals surface area contributed by atoms with Crippen LogP contribution < -0.4 is 15.5 Å². The zero-order chi connectivity index (χ0) is 16.1. The molecule has 2 N–H and O–H groups in total. The van der Waals surface area contributed by atoms with Crippen LogP contribution in [0.3, 0.4) is 0 Å². The van der Waals surface area contributed by atoms with Crippen molar-refractivity contribution in [1.29, 1.82) is 0 Å². The Kier molecular flexibility index (Phi) is 5.51. The smallest absolute Gasteiger partial charge is 0.191 e. The fourth-order valence-corrected chi connectivity index (χ4v) is 3.78. The van der Waals surface area contributed by atoms with Crippen molar-refractivity contribution in [2.24, 2.45) is 4.99 Å². The second-order valence-electron chi connectivity index (χ2n) is 5.38. The summed E-state index contributed by atoms with van der Waals surface area (Å²) in [5.41, 5.74) is 1.25. The molecule has 3 rings (SSSR count). The van der Waals surface area contributed by atoms with Gasteiger partial charge in [-0.05, 0) is 34.5 Å². The van der Waals surface area contributed by atoms with E-state index in [1.807, 2.05) is 17.6 Å². The normalized spacial score (nSPS) is 18.3. The number of thiazole rings is 1. The first-order chi connectivity index (χ1) is 11.3. The Balaban J connectivity index is 1.53. The van der Waals surface area contributed by atoms with Crippen LogP contribution in [0.1, 0.15) is 11.4 Å². The maximum absolute atomic E-state index is 4.31. The molecule has 2 heterocycles. The van der Waals surface area contributed by atoms with Crippen molar-refractivity contribution in [2.45, 2.75) is 19.0 Å². The molecule has 122 valence electrons. The molecule has 0 amide bonds. The van der Waals surface area contributed by atoms with Crippen molar-refractivity contribution in [3.63, 3.8) is 0 Å². The predicted molar refractivity (Wildman–Crippen MR) is 100 cm³/mol. The third-order valence-electron chi connectivity index (χ3n) is 3.84. The van der Waals surface area contributed by atoms with E-state index in [0.717, 1.165) is 35.0 Å². The van der Waals surface area contributed by atoms with Crippen LogP contribution in [0.15, 0.2) is 45.3 Å². The van der Waals surface area contributed by atoms with Crippen LogP contribution >= 0.6 is 27.3 Å². The third-order valence-corrected chi connectivity index (χ3v) is 5.29. The van der Waals surface area contributed by atoms with Crippen molar-refractivity contribution in [3.8, 4) is 0 Å². The minimum absolute atomic E-state index is 0.393. The Bertz CT molecular complexity index is 658. The molecule has 1 aliphatic heterocycles. The van der Waals surface area contributed by atoms with Gasteiger partial charge in [-0.25, -0.2) is 4.98 Å². The molecule has 0 bridgehead atoms. The number of guanidine groups is 1. The third kappa shape index (κ3) is 4.23. The first-order valence-corrected chi connectivity index (χ1v) is 9.28. The number of aromatic nitrogens is 1. The number of benzene rings is 1. The molecule has 1 aromatic heterocycles. The molecule has 5 nitrogen and oxygen atoms in total. The number of aliphatic imine (C=N–C) groups is 1. The van der Waals surface area contributed by atoms with E-state index >= 15 is 0 Å². The maximum Gasteiger partial charge on any atom is 0.191 e. The standard InChI is InChI=1S/C16H20BrN5S/c1-18-16(20-10-15-19-7-9-23-15)21-12-6-8-22(11-12)14-5-3-2-4-13(14)17/h2-5,7,9,12H,6,8,10-11H2,1H3,(H2,18,20,21). The van der Waals surface area contributed by atoms with E-state index in [1.54, 1.807) is 18.4 Å². The fraction of sp³-hybridized carbons (Fsp3) is 0.375. The van der Waals surface area contributed by atoms with Gasteiger partial charge in [-0.3, -0.25) is 4.99 Å². The molecule has 0 spiro atoms. The van der Waals surface area contributed by atoms with Crippen LogP contribution in [0.25, 0.3) is 0 Å². The van der Waals surface area contributed by atoms with Gasteiger partial charge in [0.25, 0.3) is 0 Å². The Labute approximate surface area is 149 Å². The highest BCUT2D eigenvalue weighted by Gasteiger charge is 2.24. The minimum atomic E-state index is 0.393. The second kappa shape index (κ2) is 7.79. The van der Waals surface area contributed by atoms with Crippen LogP contribution in [0.5, 0.6) is 0 Å². The molecule has 1 aliphatic rings. The van der Waals surface area contributed by atoms with Gasteiger partial charge in [0.15, 0.2) is 5.96 Å². The molecule has 7 heteroatoms. The fourth-order valence-electron chi connectivity index (χ4n) is 2.69. The average molecular weight is 394 g/mol. The topological polar surface area (TPSA) is 52.6 Å². The number of hydrogen-bond acceptors (Lipinski definition) is 4. The van der Waals surface area contributed by atoms with Gasteiger partial charge in [-0.2, -0.15) is 0 Å². The first kappa shape index (κ1) is 16.3. The van der Waals surface area contributed by atoms with E-state index in [0.29, 0.717) is 12.6 Å². The summed E-state index contributed by atoms with van der Waals surface area (Å²) in [7, 11) is 1.80. The summed E-state index contributed by atoms with van der Waals surface area (Å²) in [6.07, 6.45) is 2.92. The number of anilines is 1. The van der Waals surface area contributed by atoms with E-state index < -0.39 is 0 Å². The quantitative estimate of drug-likeness (QED) is 0.619. The largest absolute Gasteiger partial charge is 0.368 e. The number of hydrogen-bond donors (Lipinski definition) is 2. The lowest BCUT2D eigenvalue weighted by molar-refractivity contribution is 0.648. The van der Waals surface area contributed by atoms with Crippen LogP contribution in [0.2, 0.25) is 0 Å². The zero-order valence-electron chi connectivity index (χ0n) is 13.0. The molecule has 23 heavy (non-hydrogen) atoms. The van der Waals surface area contributed by atoms with Crippen molar-refractivity contribution < 1.29 is 0 Å². The summed E-state index contributed by atoms with van der Waals surface area (Å²) in [6, 6.07) is 8.76. The molecule has 1 aromatic carbocycles. The van der Waals surface area contributed by atoms with Crippen molar-refractivity contribution in [2.75, 3.05) is 25.0 Å². The molecule has 1 atom stereocenters. The maximum atomic E-state index is 4.31. The summed E-state index contributed by atoms with van der Waals surface area (Å²) < 4.78 is 1.15. The first-order valence-electron chi connectivity index (χ1n) is 7.61. The predicted octanol–water partition coefficient (Wildman–Crippen LogP) is 2.85. The number of nitrogens with zero attached hydrogens (tertiary/aromatic N) is 3. The Hall–Kier alpha value is -1.60. The summed E-state index contributed by atoms with van der Waals surface area (Å²) in [6.45, 7) is 2.72. The molecule has 1 unspecified atom stereocenters. The van der Waals surface area contributed by atoms with Crippen molar-refractivity contribution >= 4 is 38.9 Å². The van der Waals surface area contributed by atoms with Crippen molar-refractivity contribution in [3.05, 3.63) is 45.3 Å². The zero-order valence-corrected chi connectivity index (χ0v) is 15.4. The van der Waals surface area contributed by atoms with Crippen LogP contribution in [0.4, 0.5) is 5.69 Å². The molecule has 0 radical (unpaired) electrons. The Morgan fingerprint density at radius 3 is 3.09 bits per heavy atom. The highest BCUT2D eigenvalue weighted by Crippen LogP contribution is 2.28. The van der Waals surface area contributed by atoms with Gasteiger partial charge in [0.1, 0.15) is 5.01 Å². The van der Waals surface area contributed by atoms with Crippen LogP contribution in [-0.4, -0.2) is 37.1 Å². The van der Waals surface area contributed by atoms with Gasteiger partial charge in [0, 0.05) is 42.2 Å². The molecule has 1 saturated heterocycles. The number of nitrogens with one attached hydrogen (secondary N) is 2. The highest BCUT2D eigenvalue weighted by atomic mass is 79.9. The molecule has 1 fully saturated rings. The number of halogens is 1. The number of para-hydroxylation sites is 1. The van der Waals surface area contributed by atoms with E-state index in [1.165, 1.54) is 5.69 Å². The molecular weight excluding hydrogens is 374 g/mol. The van der Waals surface area contributed by atoms with Gasteiger partial charge in [0.2, 0.25) is 0 Å². The average Bonchev–Trinajstić information content (AvgIpc) is 3.23. The monoisotopic (exact) mass is 393 g/mol. The van der Waals surface area contributed by atoms with E-state index in [2.05, 4.69) is 59.6 Å². The van der Waals surface area contributed by atoms with E-state index in [-0.39, 0.29) is 0 Å². The lowest BCUT2D eigenvalue weighted by Gasteiger charge is -2.21. The second-order valence-corrected chi connectivity index (χ2v) is 7.21. The Morgan fingerprint density at radius 1 is 1.48 bits per heavy atom. The summed E-state index contributed by atoms with van der Waals surface area (Å²) in [4.78, 5) is 11.0. The summed E-state index contributed by atoms with van der Waals surface area (Å²) in [5.74, 6) is 0.833. The molecule has 0 aliphatic carbocycles. The minimum Gasteiger partial charge on any atom is -0.368 e. The van der Waals surface area contributed by atoms with E-state index in [9.17, 15) is 0 Å². The highest BCUT2D eigenvalue weighted by molar-refractivity contribution is 9.10. The SMILES string of the molecule is CN=C(NCc1nccs1)NC1CCN(c2ccccc2Br)C1. The molecule has 0 saturated carbocycles. The summed E-state index contributed by atoms with van der Waals surface area (Å²) in [5, 5.41) is 9.88. The Morgan fingerprint density at radius 2 is 2.35 bits per heavy atom. The molecule has 2 aromatic rings. The van der Waals surface area contributed by atoms with Crippen LogP contribution in [-0.2, 0) is 6.54 Å². The summed E-state index contributed by atoms with van der Waals surface area (Å²) >= 11 is 5.28. The van der Waals surface area contributed by atoms with Crippen molar-refractivity contribution in [1.82, 2.24) is 15.6 Å². The lowest BCUT2D eigenvalue weighted by Crippen LogP contribution is -2.44. The molecular formula is C16H20BrN5S. The van der Waals surface area contributed by atoms with Crippen LogP contribution in [0, 0.1) is 0 Å².